The molecule has 7 heteroatoms. The first-order valence-electron chi connectivity index (χ1n) is 7.60. The highest BCUT2D eigenvalue weighted by atomic mass is 32.2. The highest BCUT2D eigenvalue weighted by Gasteiger charge is 2.33. The first kappa shape index (κ1) is 18.2. The zero-order valence-electron chi connectivity index (χ0n) is 13.5. The lowest BCUT2D eigenvalue weighted by atomic mass is 10.2. The third-order valence-corrected chi connectivity index (χ3v) is 4.82. The van der Waals surface area contributed by atoms with Crippen molar-refractivity contribution >= 4 is 46.0 Å². The predicted molar refractivity (Wildman–Crippen MR) is 106 cm³/mol. The fourth-order valence-electron chi connectivity index (χ4n) is 2.32. The normalized spacial score (nSPS) is 15.6. The van der Waals surface area contributed by atoms with Gasteiger partial charge in [0.1, 0.15) is 12.4 Å². The topological polar surface area (TPSA) is 49.8 Å². The number of anilines is 1. The molecule has 0 bridgehead atoms. The molecule has 26 heavy (non-hydrogen) atoms. The van der Waals surface area contributed by atoms with Crippen LogP contribution >= 0.6 is 24.0 Å². The lowest BCUT2D eigenvalue weighted by Gasteiger charge is -2.14. The van der Waals surface area contributed by atoms with Crippen LogP contribution in [0.25, 0.3) is 6.08 Å². The lowest BCUT2D eigenvalue weighted by molar-refractivity contribution is -0.113. The Morgan fingerprint density at radius 1 is 1.27 bits per heavy atom. The Hall–Kier alpha value is -2.64. The molecular formula is C19H14FNO3S2. The van der Waals surface area contributed by atoms with Crippen LogP contribution in [0.3, 0.4) is 0 Å². The summed E-state index contributed by atoms with van der Waals surface area (Å²) in [6, 6.07) is 10.4. The first-order valence-corrected chi connectivity index (χ1v) is 8.82. The van der Waals surface area contributed by atoms with Gasteiger partial charge in [-0.2, -0.15) is 0 Å². The van der Waals surface area contributed by atoms with Crippen LogP contribution in [-0.2, 0) is 4.79 Å². The number of carbonyl (C=O) groups is 1. The van der Waals surface area contributed by atoms with Crippen LogP contribution in [-0.4, -0.2) is 21.9 Å². The molecule has 1 heterocycles. The molecule has 0 aliphatic carbocycles. The van der Waals surface area contributed by atoms with Gasteiger partial charge in [0.2, 0.25) is 0 Å². The Balaban J connectivity index is 1.88. The largest absolute Gasteiger partial charge is 0.504 e. The van der Waals surface area contributed by atoms with Gasteiger partial charge in [0, 0.05) is 0 Å². The Labute approximate surface area is 159 Å². The number of thioether (sulfide) groups is 1. The molecule has 1 fully saturated rings. The summed E-state index contributed by atoms with van der Waals surface area (Å²) in [5, 5.41) is 9.82. The SMILES string of the molecule is C=CCOc1cc(C=C2SC(=S)N(c3ccc(F)cc3)C2=O)ccc1O. The van der Waals surface area contributed by atoms with E-state index in [9.17, 15) is 14.3 Å². The lowest BCUT2D eigenvalue weighted by Crippen LogP contribution is -2.27. The molecule has 0 radical (unpaired) electrons. The number of phenols is 1. The maximum Gasteiger partial charge on any atom is 0.270 e. The second-order valence-corrected chi connectivity index (χ2v) is 7.00. The molecule has 1 aliphatic heterocycles. The van der Waals surface area contributed by atoms with Crippen molar-refractivity contribution in [2.45, 2.75) is 0 Å². The highest BCUT2D eigenvalue weighted by Crippen LogP contribution is 2.37. The first-order chi connectivity index (χ1) is 12.5. The summed E-state index contributed by atoms with van der Waals surface area (Å²) >= 11 is 6.45. The molecule has 2 aromatic carbocycles. The number of amides is 1. The average Bonchev–Trinajstić information content (AvgIpc) is 2.90. The monoisotopic (exact) mass is 387 g/mol. The minimum absolute atomic E-state index is 0.00265. The molecule has 0 aromatic heterocycles. The minimum atomic E-state index is -0.383. The molecule has 1 N–H and O–H groups in total. The van der Waals surface area contributed by atoms with Gasteiger partial charge in [-0.3, -0.25) is 9.69 Å². The fraction of sp³-hybridized carbons (Fsp3) is 0.0526. The third kappa shape index (κ3) is 3.79. The van der Waals surface area contributed by atoms with Gasteiger partial charge in [0.05, 0.1) is 10.6 Å². The Morgan fingerprint density at radius 2 is 2.00 bits per heavy atom. The molecule has 132 valence electrons. The molecule has 0 saturated carbocycles. The number of thiocarbonyl (C=S) groups is 1. The van der Waals surface area contributed by atoms with Crippen molar-refractivity contribution in [3.63, 3.8) is 0 Å². The van der Waals surface area contributed by atoms with E-state index in [-0.39, 0.29) is 24.1 Å². The molecule has 1 saturated heterocycles. The van der Waals surface area contributed by atoms with E-state index < -0.39 is 0 Å². The van der Waals surface area contributed by atoms with E-state index >= 15 is 0 Å². The van der Waals surface area contributed by atoms with Gasteiger partial charge in [-0.25, -0.2) is 4.39 Å². The number of halogens is 1. The van der Waals surface area contributed by atoms with Crippen LogP contribution in [0.1, 0.15) is 5.56 Å². The Bertz CT molecular complexity index is 910. The van der Waals surface area contributed by atoms with Crippen molar-refractivity contribution in [3.05, 3.63) is 71.4 Å². The van der Waals surface area contributed by atoms with Gasteiger partial charge in [-0.1, -0.05) is 42.7 Å². The van der Waals surface area contributed by atoms with Crippen LogP contribution in [0.15, 0.2) is 60.0 Å². The van der Waals surface area contributed by atoms with Gasteiger partial charge in [0.25, 0.3) is 5.91 Å². The van der Waals surface area contributed by atoms with Crippen molar-refractivity contribution in [3.8, 4) is 11.5 Å². The fourth-order valence-corrected chi connectivity index (χ4v) is 3.62. The summed E-state index contributed by atoms with van der Waals surface area (Å²) in [5.41, 5.74) is 1.19. The number of hydrogen-bond donors (Lipinski definition) is 1. The van der Waals surface area contributed by atoms with Crippen molar-refractivity contribution in [2.24, 2.45) is 0 Å². The van der Waals surface area contributed by atoms with E-state index in [1.807, 2.05) is 0 Å². The summed E-state index contributed by atoms with van der Waals surface area (Å²) < 4.78 is 18.8. The summed E-state index contributed by atoms with van der Waals surface area (Å²) in [5.74, 6) is -0.366. The number of phenolic OH excluding ortho intramolecular Hbond substituents is 1. The van der Waals surface area contributed by atoms with Crippen LogP contribution in [0.5, 0.6) is 11.5 Å². The Morgan fingerprint density at radius 3 is 2.69 bits per heavy atom. The van der Waals surface area contributed by atoms with Crippen molar-refractivity contribution in [2.75, 3.05) is 11.5 Å². The second kappa shape index (κ2) is 7.72. The van der Waals surface area contributed by atoms with E-state index in [1.165, 1.54) is 35.2 Å². The van der Waals surface area contributed by atoms with Crippen LogP contribution in [0.2, 0.25) is 0 Å². The third-order valence-electron chi connectivity index (χ3n) is 3.52. The molecule has 1 amide bonds. The van der Waals surface area contributed by atoms with E-state index in [0.717, 1.165) is 11.8 Å². The number of nitrogens with zero attached hydrogens (tertiary/aromatic N) is 1. The molecule has 2 aromatic rings. The van der Waals surface area contributed by atoms with Crippen LogP contribution in [0, 0.1) is 5.82 Å². The average molecular weight is 387 g/mol. The van der Waals surface area contributed by atoms with Gasteiger partial charge in [-0.05, 0) is 48.0 Å². The van der Waals surface area contributed by atoms with Gasteiger partial charge in [0.15, 0.2) is 15.8 Å². The number of aromatic hydroxyl groups is 1. The number of rotatable bonds is 5. The molecule has 0 spiro atoms. The maximum atomic E-state index is 13.1. The summed E-state index contributed by atoms with van der Waals surface area (Å²) in [6.45, 7) is 3.82. The van der Waals surface area contributed by atoms with Crippen LogP contribution < -0.4 is 9.64 Å². The second-order valence-electron chi connectivity index (χ2n) is 5.32. The zero-order valence-corrected chi connectivity index (χ0v) is 15.1. The molecule has 1 aliphatic rings. The standard InChI is InChI=1S/C19H14FNO3S2/c1-2-9-24-16-10-12(3-8-15(16)22)11-17-18(23)21(19(25)26-17)14-6-4-13(20)5-7-14/h2-8,10-11,22H,1,9H2. The minimum Gasteiger partial charge on any atom is -0.504 e. The number of benzene rings is 2. The smallest absolute Gasteiger partial charge is 0.270 e. The molecular weight excluding hydrogens is 373 g/mol. The molecule has 0 atom stereocenters. The number of hydrogen-bond acceptors (Lipinski definition) is 5. The summed E-state index contributed by atoms with van der Waals surface area (Å²) in [4.78, 5) is 14.5. The number of carbonyl (C=O) groups excluding carboxylic acids is 1. The Kier molecular flexibility index (Phi) is 5.39. The molecule has 3 rings (SSSR count). The predicted octanol–water partition coefficient (Wildman–Crippen LogP) is 4.50. The van der Waals surface area contributed by atoms with Gasteiger partial charge in [-0.15, -0.1) is 0 Å². The van der Waals surface area contributed by atoms with Crippen molar-refractivity contribution < 1.29 is 19.0 Å². The quantitative estimate of drug-likeness (QED) is 0.465. The highest BCUT2D eigenvalue weighted by molar-refractivity contribution is 8.27. The van der Waals surface area contributed by atoms with Gasteiger partial charge >= 0.3 is 0 Å². The zero-order chi connectivity index (χ0) is 18.7. The van der Waals surface area contributed by atoms with Crippen molar-refractivity contribution in [1.82, 2.24) is 0 Å². The number of ether oxygens (including phenoxy) is 1. The van der Waals surface area contributed by atoms with Crippen LogP contribution in [0.4, 0.5) is 10.1 Å². The van der Waals surface area contributed by atoms with E-state index in [0.29, 0.717) is 26.2 Å². The summed E-state index contributed by atoms with van der Waals surface area (Å²) in [6.07, 6.45) is 3.24. The van der Waals surface area contributed by atoms with E-state index in [1.54, 1.807) is 24.3 Å². The maximum absolute atomic E-state index is 13.1. The summed E-state index contributed by atoms with van der Waals surface area (Å²) in [7, 11) is 0. The van der Waals surface area contributed by atoms with E-state index in [2.05, 4.69) is 6.58 Å². The molecule has 4 nitrogen and oxygen atoms in total. The van der Waals surface area contributed by atoms with E-state index in [4.69, 9.17) is 17.0 Å². The van der Waals surface area contributed by atoms with Crippen molar-refractivity contribution in [1.29, 1.82) is 0 Å². The molecule has 0 unspecified atom stereocenters. The van der Waals surface area contributed by atoms with Gasteiger partial charge < -0.3 is 9.84 Å².